The zero-order valence-corrected chi connectivity index (χ0v) is 20.1. The Morgan fingerprint density at radius 2 is 1.50 bits per heavy atom. The Morgan fingerprint density at radius 3 is 2.21 bits per heavy atom. The Hall–Kier alpha value is -3.90. The minimum Gasteiger partial charge on any atom is -0.350 e. The van der Waals surface area contributed by atoms with E-state index in [1.165, 1.54) is 0 Å². The van der Waals surface area contributed by atoms with Crippen LogP contribution in [0.3, 0.4) is 0 Å². The molecular weight excluding hydrogens is 450 g/mol. The summed E-state index contributed by atoms with van der Waals surface area (Å²) in [5, 5.41) is 5.63. The molecule has 1 aliphatic heterocycles. The second-order valence-corrected chi connectivity index (χ2v) is 8.77. The third-order valence-corrected chi connectivity index (χ3v) is 6.07. The molecule has 0 saturated carbocycles. The van der Waals surface area contributed by atoms with Gasteiger partial charge in [-0.15, -0.1) is 0 Å². The number of carbonyl (C=O) groups excluding carboxylic acids is 3. The summed E-state index contributed by atoms with van der Waals surface area (Å²) in [5.74, 6) is -1.43. The number of halogens is 1. The number of rotatable bonds is 5. The van der Waals surface area contributed by atoms with Gasteiger partial charge in [0.15, 0.2) is 0 Å². The van der Waals surface area contributed by atoms with E-state index in [0.717, 1.165) is 27.2 Å². The van der Waals surface area contributed by atoms with Gasteiger partial charge in [0.05, 0.1) is 5.69 Å². The molecule has 1 aliphatic rings. The molecule has 34 heavy (non-hydrogen) atoms. The van der Waals surface area contributed by atoms with E-state index in [1.807, 2.05) is 52.0 Å². The zero-order chi connectivity index (χ0) is 24.6. The quantitative estimate of drug-likeness (QED) is 0.472. The fourth-order valence-electron chi connectivity index (χ4n) is 3.94. The summed E-state index contributed by atoms with van der Waals surface area (Å²) in [6.45, 7) is 7.69. The zero-order valence-electron chi connectivity index (χ0n) is 19.3. The maximum Gasteiger partial charge on any atom is 0.283 e. The van der Waals surface area contributed by atoms with Crippen molar-refractivity contribution in [1.82, 2.24) is 0 Å². The molecule has 3 aromatic rings. The van der Waals surface area contributed by atoms with Crippen LogP contribution in [0.5, 0.6) is 0 Å². The van der Waals surface area contributed by atoms with E-state index in [0.29, 0.717) is 22.6 Å². The van der Waals surface area contributed by atoms with Gasteiger partial charge in [0.2, 0.25) is 0 Å². The van der Waals surface area contributed by atoms with Crippen molar-refractivity contribution in [2.75, 3.05) is 15.5 Å². The lowest BCUT2D eigenvalue weighted by atomic mass is 10.1. The van der Waals surface area contributed by atoms with Crippen molar-refractivity contribution in [3.63, 3.8) is 0 Å². The minimum absolute atomic E-state index is 0.0283. The van der Waals surface area contributed by atoms with Gasteiger partial charge in [-0.25, -0.2) is 4.90 Å². The molecule has 0 radical (unpaired) electrons. The predicted molar refractivity (Wildman–Crippen MR) is 135 cm³/mol. The minimum atomic E-state index is -0.591. The summed E-state index contributed by atoms with van der Waals surface area (Å²) in [6.07, 6.45) is 0. The van der Waals surface area contributed by atoms with Gasteiger partial charge in [-0.3, -0.25) is 14.4 Å². The van der Waals surface area contributed by atoms with Crippen LogP contribution in [0.2, 0.25) is 0 Å². The molecule has 2 N–H and O–H groups in total. The Kier molecular flexibility index (Phi) is 6.26. The maximum absolute atomic E-state index is 13.1. The molecule has 7 heteroatoms. The monoisotopic (exact) mass is 473 g/mol. The van der Waals surface area contributed by atoms with Gasteiger partial charge in [0, 0.05) is 16.9 Å². The molecule has 0 spiro atoms. The van der Waals surface area contributed by atoms with E-state index in [4.69, 9.17) is 11.6 Å². The highest BCUT2D eigenvalue weighted by molar-refractivity contribution is 6.53. The van der Waals surface area contributed by atoms with Crippen LogP contribution >= 0.6 is 11.6 Å². The third kappa shape index (κ3) is 4.45. The average Bonchev–Trinajstić information content (AvgIpc) is 2.98. The topological polar surface area (TPSA) is 78.5 Å². The largest absolute Gasteiger partial charge is 0.350 e. The Bertz CT molecular complexity index is 1360. The maximum atomic E-state index is 13.1. The molecule has 0 aliphatic carbocycles. The van der Waals surface area contributed by atoms with Crippen LogP contribution < -0.4 is 15.5 Å². The van der Waals surface area contributed by atoms with Crippen molar-refractivity contribution in [2.45, 2.75) is 27.7 Å². The van der Waals surface area contributed by atoms with E-state index in [9.17, 15) is 14.4 Å². The highest BCUT2D eigenvalue weighted by atomic mass is 35.5. The Balaban J connectivity index is 1.56. The molecule has 0 aromatic heterocycles. The molecule has 6 nitrogen and oxygen atoms in total. The summed E-state index contributed by atoms with van der Waals surface area (Å²) in [4.78, 5) is 39.8. The van der Waals surface area contributed by atoms with E-state index in [-0.39, 0.29) is 16.6 Å². The van der Waals surface area contributed by atoms with Crippen LogP contribution in [-0.4, -0.2) is 17.7 Å². The summed E-state index contributed by atoms with van der Waals surface area (Å²) >= 11 is 6.28. The lowest BCUT2D eigenvalue weighted by Gasteiger charge is -2.18. The summed E-state index contributed by atoms with van der Waals surface area (Å²) in [5.41, 5.74) is 5.89. The predicted octanol–water partition coefficient (Wildman–Crippen LogP) is 5.61. The molecule has 3 amide bonds. The molecule has 0 atom stereocenters. The van der Waals surface area contributed by atoms with Crippen LogP contribution in [0.1, 0.15) is 32.6 Å². The number of carbonyl (C=O) groups is 3. The van der Waals surface area contributed by atoms with Gasteiger partial charge < -0.3 is 10.6 Å². The molecule has 0 unspecified atom stereocenters. The first kappa shape index (κ1) is 23.3. The number of amides is 3. The standard InChI is InChI=1S/C27H24ClN3O3/c1-15-11-16(2)13-21(12-15)30-25(32)19-8-6-9-20(14-19)29-24-23(28)26(33)31(27(24)34)22-10-5-7-17(3)18(22)4/h5-14,29H,1-4H3,(H,30,32). The van der Waals surface area contributed by atoms with E-state index >= 15 is 0 Å². The fraction of sp³-hybridized carbons (Fsp3) is 0.148. The molecule has 0 saturated heterocycles. The number of benzene rings is 3. The van der Waals surface area contributed by atoms with Crippen LogP contribution in [-0.2, 0) is 9.59 Å². The van der Waals surface area contributed by atoms with Crippen LogP contribution in [0, 0.1) is 27.7 Å². The van der Waals surface area contributed by atoms with Crippen molar-refractivity contribution in [3.8, 4) is 0 Å². The number of nitrogens with zero attached hydrogens (tertiary/aromatic N) is 1. The van der Waals surface area contributed by atoms with Crippen LogP contribution in [0.15, 0.2) is 71.4 Å². The van der Waals surface area contributed by atoms with Crippen LogP contribution in [0.4, 0.5) is 17.1 Å². The average molecular weight is 474 g/mol. The number of aryl methyl sites for hydroxylation is 3. The van der Waals surface area contributed by atoms with Gasteiger partial charge in [-0.2, -0.15) is 0 Å². The first-order valence-corrected chi connectivity index (χ1v) is 11.1. The number of nitrogens with one attached hydrogen (secondary N) is 2. The first-order chi connectivity index (χ1) is 16.2. The van der Waals surface area contributed by atoms with Crippen molar-refractivity contribution < 1.29 is 14.4 Å². The lowest BCUT2D eigenvalue weighted by Crippen LogP contribution is -2.33. The molecular formula is C27H24ClN3O3. The Morgan fingerprint density at radius 1 is 0.824 bits per heavy atom. The highest BCUT2D eigenvalue weighted by Crippen LogP contribution is 2.33. The highest BCUT2D eigenvalue weighted by Gasteiger charge is 2.39. The van der Waals surface area contributed by atoms with Gasteiger partial charge in [-0.05, 0) is 86.3 Å². The molecule has 1 heterocycles. The first-order valence-electron chi connectivity index (χ1n) is 10.8. The molecule has 172 valence electrons. The fourth-order valence-corrected chi connectivity index (χ4v) is 4.15. The van der Waals surface area contributed by atoms with Crippen molar-refractivity contribution in [3.05, 3.63) is 99.2 Å². The van der Waals surface area contributed by atoms with Crippen molar-refractivity contribution >= 4 is 46.4 Å². The summed E-state index contributed by atoms with van der Waals surface area (Å²) in [6, 6.07) is 17.9. The molecule has 4 rings (SSSR count). The Labute approximate surface area is 203 Å². The third-order valence-electron chi connectivity index (χ3n) is 5.72. The van der Waals surface area contributed by atoms with Gasteiger partial charge in [0.1, 0.15) is 10.7 Å². The van der Waals surface area contributed by atoms with Gasteiger partial charge >= 0.3 is 0 Å². The molecule has 3 aromatic carbocycles. The van der Waals surface area contributed by atoms with Gasteiger partial charge in [-0.1, -0.05) is 35.9 Å². The second kappa shape index (κ2) is 9.15. The SMILES string of the molecule is Cc1cc(C)cc(NC(=O)c2cccc(NC3=C(Cl)C(=O)N(c4cccc(C)c4C)C3=O)c2)c1. The van der Waals surface area contributed by atoms with E-state index < -0.39 is 11.8 Å². The number of hydrogen-bond acceptors (Lipinski definition) is 4. The molecule has 0 bridgehead atoms. The summed E-state index contributed by atoms with van der Waals surface area (Å²) in [7, 11) is 0. The second-order valence-electron chi connectivity index (χ2n) is 8.39. The van der Waals surface area contributed by atoms with Crippen molar-refractivity contribution in [1.29, 1.82) is 0 Å². The number of anilines is 3. The molecule has 0 fully saturated rings. The van der Waals surface area contributed by atoms with Crippen LogP contribution in [0.25, 0.3) is 0 Å². The lowest BCUT2D eigenvalue weighted by molar-refractivity contribution is -0.120. The normalized spacial score (nSPS) is 13.5. The summed E-state index contributed by atoms with van der Waals surface area (Å²) < 4.78 is 0. The van der Waals surface area contributed by atoms with Gasteiger partial charge in [0.25, 0.3) is 17.7 Å². The van der Waals surface area contributed by atoms with E-state index in [1.54, 1.807) is 36.4 Å². The van der Waals surface area contributed by atoms with E-state index in [2.05, 4.69) is 10.6 Å². The number of hydrogen-bond donors (Lipinski definition) is 2. The smallest absolute Gasteiger partial charge is 0.283 e. The van der Waals surface area contributed by atoms with Crippen molar-refractivity contribution in [2.24, 2.45) is 0 Å². The number of imide groups is 1.